The van der Waals surface area contributed by atoms with E-state index in [1.807, 2.05) is 0 Å². The van der Waals surface area contributed by atoms with Gasteiger partial charge in [-0.05, 0) is 18.1 Å². The van der Waals surface area contributed by atoms with Crippen LogP contribution in [0.25, 0.3) is 10.9 Å². The summed E-state index contributed by atoms with van der Waals surface area (Å²) >= 11 is 0. The minimum atomic E-state index is -1.26. The highest BCUT2D eigenvalue weighted by molar-refractivity contribution is 5.84. The van der Waals surface area contributed by atoms with Gasteiger partial charge in [0.2, 0.25) is 0 Å². The molecule has 2 aromatic rings. The van der Waals surface area contributed by atoms with Crippen molar-refractivity contribution in [2.45, 2.75) is 12.5 Å². The van der Waals surface area contributed by atoms with Crippen LogP contribution >= 0.6 is 0 Å². The normalized spacial score (nSPS) is 12.3. The lowest BCUT2D eigenvalue weighted by molar-refractivity contribution is -0.145. The summed E-state index contributed by atoms with van der Waals surface area (Å²) in [4.78, 5) is 63.8. The number of rotatable bonds is 18. The molecule has 0 amide bonds. The van der Waals surface area contributed by atoms with Crippen LogP contribution in [0, 0.1) is 0 Å². The molecule has 0 radical (unpaired) electrons. The second-order valence-corrected chi connectivity index (χ2v) is 8.48. The first-order valence-electron chi connectivity index (χ1n) is 11.3. The maximum Gasteiger partial charge on any atom is 0.317 e. The van der Waals surface area contributed by atoms with Crippen molar-refractivity contribution in [2.75, 3.05) is 52.4 Å². The molecule has 1 aromatic heterocycles. The number of aromatic nitrogens is 1. The van der Waals surface area contributed by atoms with Crippen LogP contribution in [0.5, 0.6) is 0 Å². The molecule has 0 fully saturated rings. The van der Waals surface area contributed by atoms with Crippen molar-refractivity contribution in [1.29, 1.82) is 0 Å². The lowest BCUT2D eigenvalue weighted by Gasteiger charge is -2.33. The number of aliphatic carboxylic acids is 5. The average Bonchev–Trinajstić information content (AvgIpc) is 3.18. The largest absolute Gasteiger partial charge is 0.480 e. The Hall–Kier alpha value is -4.01. The minimum absolute atomic E-state index is 0.0490. The number of para-hydroxylation sites is 1. The topological polar surface area (TPSA) is 212 Å². The van der Waals surface area contributed by atoms with Crippen molar-refractivity contribution >= 4 is 40.7 Å². The molecule has 0 saturated heterocycles. The van der Waals surface area contributed by atoms with E-state index in [0.717, 1.165) is 10.9 Å². The van der Waals surface area contributed by atoms with Crippen molar-refractivity contribution < 1.29 is 49.5 Å². The maximum absolute atomic E-state index is 11.6. The number of aromatic amines is 1. The SMILES string of the molecule is O=C(O)CN(CCCN(CC(=O)O)C[C@H](c1c[nH]c2ccccc12)N(CC(=O)O)CC(=O)O)CC(=O)O. The fourth-order valence-electron chi connectivity index (χ4n) is 4.19. The highest BCUT2D eigenvalue weighted by Crippen LogP contribution is 2.29. The summed E-state index contributed by atoms with van der Waals surface area (Å²) in [5.41, 5.74) is 1.32. The van der Waals surface area contributed by atoms with Crippen LogP contribution in [0.2, 0.25) is 0 Å². The molecule has 0 saturated carbocycles. The van der Waals surface area contributed by atoms with Crippen LogP contribution < -0.4 is 0 Å². The van der Waals surface area contributed by atoms with Crippen LogP contribution in [0.15, 0.2) is 30.5 Å². The third-order valence-electron chi connectivity index (χ3n) is 5.55. The van der Waals surface area contributed by atoms with Gasteiger partial charge in [0.1, 0.15) is 0 Å². The molecule has 202 valence electrons. The zero-order chi connectivity index (χ0) is 27.5. The van der Waals surface area contributed by atoms with Crippen LogP contribution in [-0.4, -0.2) is 127 Å². The van der Waals surface area contributed by atoms with Gasteiger partial charge in [-0.1, -0.05) is 18.2 Å². The number of carbonyl (C=O) groups is 5. The fraction of sp³-hybridized carbons (Fsp3) is 0.435. The van der Waals surface area contributed by atoms with Gasteiger partial charge in [-0.25, -0.2) is 0 Å². The molecule has 0 aliphatic heterocycles. The molecule has 2 rings (SSSR count). The zero-order valence-electron chi connectivity index (χ0n) is 19.9. The summed E-state index contributed by atoms with van der Waals surface area (Å²) in [6.07, 6.45) is 1.85. The first kappa shape index (κ1) is 29.2. The van der Waals surface area contributed by atoms with Gasteiger partial charge in [-0.3, -0.25) is 38.7 Å². The fourth-order valence-corrected chi connectivity index (χ4v) is 4.19. The summed E-state index contributed by atoms with van der Waals surface area (Å²) < 4.78 is 0. The van der Waals surface area contributed by atoms with E-state index < -0.39 is 68.6 Å². The summed E-state index contributed by atoms with van der Waals surface area (Å²) in [6, 6.07) is 6.32. The summed E-state index contributed by atoms with van der Waals surface area (Å²) in [7, 11) is 0. The van der Waals surface area contributed by atoms with Crippen LogP contribution in [-0.2, 0) is 24.0 Å². The molecule has 0 aliphatic carbocycles. The molecule has 14 nitrogen and oxygen atoms in total. The quantitative estimate of drug-likeness (QED) is 0.151. The molecule has 1 atom stereocenters. The van der Waals surface area contributed by atoms with Crippen molar-refractivity contribution in [1.82, 2.24) is 19.7 Å². The third-order valence-corrected chi connectivity index (χ3v) is 5.55. The number of nitrogens with zero attached hydrogens (tertiary/aromatic N) is 3. The average molecular weight is 523 g/mol. The Morgan fingerprint density at radius 3 is 1.73 bits per heavy atom. The molecule has 1 heterocycles. The summed E-state index contributed by atoms with van der Waals surface area (Å²) in [5.74, 6) is -6.10. The predicted octanol–water partition coefficient (Wildman–Crippen LogP) is -0.0719. The van der Waals surface area contributed by atoms with E-state index >= 15 is 0 Å². The van der Waals surface area contributed by atoms with Gasteiger partial charge in [0, 0.05) is 36.7 Å². The van der Waals surface area contributed by atoms with Gasteiger partial charge in [-0.2, -0.15) is 0 Å². The molecule has 6 N–H and O–H groups in total. The molecule has 37 heavy (non-hydrogen) atoms. The van der Waals surface area contributed by atoms with Gasteiger partial charge >= 0.3 is 29.8 Å². The van der Waals surface area contributed by atoms with Crippen LogP contribution in [0.3, 0.4) is 0 Å². The molecule has 0 unspecified atom stereocenters. The molecule has 0 aliphatic rings. The van der Waals surface area contributed by atoms with Gasteiger partial charge in [0.05, 0.1) is 38.8 Å². The third kappa shape index (κ3) is 9.87. The zero-order valence-corrected chi connectivity index (χ0v) is 19.9. The van der Waals surface area contributed by atoms with Crippen molar-refractivity contribution in [3.05, 3.63) is 36.0 Å². The van der Waals surface area contributed by atoms with E-state index in [4.69, 9.17) is 10.2 Å². The first-order chi connectivity index (χ1) is 17.5. The van der Waals surface area contributed by atoms with E-state index in [1.165, 1.54) is 14.7 Å². The number of hydrogen-bond acceptors (Lipinski definition) is 8. The van der Waals surface area contributed by atoms with Crippen molar-refractivity contribution in [2.24, 2.45) is 0 Å². The van der Waals surface area contributed by atoms with Gasteiger partial charge < -0.3 is 30.5 Å². The Bertz CT molecular complexity index is 1090. The molecule has 0 bridgehead atoms. The number of carboxylic acid groups (broad SMARTS) is 5. The predicted molar refractivity (Wildman–Crippen MR) is 128 cm³/mol. The molecular weight excluding hydrogens is 492 g/mol. The molecule has 0 spiro atoms. The number of fused-ring (bicyclic) bond motifs is 1. The number of hydrogen-bond donors (Lipinski definition) is 6. The number of carboxylic acids is 5. The van der Waals surface area contributed by atoms with Crippen LogP contribution in [0.1, 0.15) is 18.0 Å². The summed E-state index contributed by atoms with van der Waals surface area (Å²) in [6.45, 7) is -2.57. The maximum atomic E-state index is 11.6. The van der Waals surface area contributed by atoms with E-state index in [2.05, 4.69) is 4.98 Å². The molecular formula is C23H30N4O10. The Labute approximate surface area is 211 Å². The second-order valence-electron chi connectivity index (χ2n) is 8.48. The first-order valence-corrected chi connectivity index (χ1v) is 11.3. The monoisotopic (exact) mass is 522 g/mol. The van der Waals surface area contributed by atoms with Crippen LogP contribution in [0.4, 0.5) is 0 Å². The smallest absolute Gasteiger partial charge is 0.317 e. The molecule has 14 heteroatoms. The highest BCUT2D eigenvalue weighted by atomic mass is 16.4. The summed E-state index contributed by atoms with van der Waals surface area (Å²) in [5, 5.41) is 47.1. The Morgan fingerprint density at radius 2 is 1.19 bits per heavy atom. The van der Waals surface area contributed by atoms with E-state index in [-0.39, 0.29) is 26.1 Å². The molecule has 1 aromatic carbocycles. The van der Waals surface area contributed by atoms with Crippen molar-refractivity contribution in [3.63, 3.8) is 0 Å². The lowest BCUT2D eigenvalue weighted by Crippen LogP contribution is -2.45. The van der Waals surface area contributed by atoms with Gasteiger partial charge in [-0.15, -0.1) is 0 Å². The number of benzene rings is 1. The van der Waals surface area contributed by atoms with E-state index in [9.17, 15) is 39.3 Å². The lowest BCUT2D eigenvalue weighted by atomic mass is 10.0. The Balaban J connectivity index is 2.33. The van der Waals surface area contributed by atoms with Gasteiger partial charge in [0.25, 0.3) is 0 Å². The highest BCUT2D eigenvalue weighted by Gasteiger charge is 2.29. The Morgan fingerprint density at radius 1 is 0.703 bits per heavy atom. The van der Waals surface area contributed by atoms with Crippen molar-refractivity contribution in [3.8, 4) is 0 Å². The Kier molecular flexibility index (Phi) is 11.0. The minimum Gasteiger partial charge on any atom is -0.480 e. The van der Waals surface area contributed by atoms with E-state index in [1.54, 1.807) is 30.5 Å². The standard InChI is InChI=1S/C23H30N4O10/c28-19(29)10-25(6-3-7-26(11-20(30)31)12-21(32)33)9-18(27(13-22(34)35)14-23(36)37)16-8-24-17-5-2-1-4-15(16)17/h1-2,4-5,8,18,24H,3,6-7,9-14H2,(H,28,29)(H,30,31)(H,32,33)(H,34,35)(H,36,37)/t18-/m1/s1. The van der Waals surface area contributed by atoms with E-state index in [0.29, 0.717) is 5.56 Å². The number of H-pyrrole nitrogens is 1. The number of nitrogens with one attached hydrogen (secondary N) is 1. The second kappa shape index (κ2) is 13.9. The van der Waals surface area contributed by atoms with Gasteiger partial charge in [0.15, 0.2) is 0 Å².